The predicted octanol–water partition coefficient (Wildman–Crippen LogP) is 1.91. The molecule has 3 N–H and O–H groups in total. The molecule has 1 rings (SSSR count). The van der Waals surface area contributed by atoms with E-state index in [1.54, 1.807) is 0 Å². The minimum Gasteiger partial charge on any atom is -0.356 e. The van der Waals surface area contributed by atoms with Crippen molar-refractivity contribution in [1.29, 1.82) is 0 Å². The normalized spacial score (nSPS) is 19.6. The van der Waals surface area contributed by atoms with Crippen LogP contribution in [-0.2, 0) is 4.79 Å². The van der Waals surface area contributed by atoms with Crippen LogP contribution < -0.4 is 11.1 Å². The molecule has 1 aliphatic carbocycles. The number of carbonyl (C=O) groups excluding carboxylic acids is 1. The molecule has 0 saturated heterocycles. The number of hydrogen-bond donors (Lipinski definition) is 2. The SMILES string of the molecule is CCC(CN)CC(=O)NCC1(C(C)C)CC1. The number of nitrogens with one attached hydrogen (secondary N) is 1. The Balaban J connectivity index is 2.25. The molecule has 0 radical (unpaired) electrons. The van der Waals surface area contributed by atoms with Crippen LogP contribution in [0.1, 0.15) is 46.5 Å². The molecule has 0 aromatic heterocycles. The Morgan fingerprint density at radius 3 is 2.44 bits per heavy atom. The molecule has 1 aliphatic rings. The second kappa shape index (κ2) is 5.67. The summed E-state index contributed by atoms with van der Waals surface area (Å²) in [5.41, 5.74) is 6.00. The molecule has 0 heterocycles. The zero-order valence-electron chi connectivity index (χ0n) is 10.9. The van der Waals surface area contributed by atoms with Crippen LogP contribution in [-0.4, -0.2) is 19.0 Å². The Morgan fingerprint density at radius 1 is 1.44 bits per heavy atom. The van der Waals surface area contributed by atoms with Gasteiger partial charge in [0.2, 0.25) is 5.91 Å². The van der Waals surface area contributed by atoms with E-state index in [-0.39, 0.29) is 5.91 Å². The highest BCUT2D eigenvalue weighted by Gasteiger charge is 2.45. The van der Waals surface area contributed by atoms with Crippen molar-refractivity contribution in [1.82, 2.24) is 5.32 Å². The van der Waals surface area contributed by atoms with Crippen LogP contribution in [0.4, 0.5) is 0 Å². The van der Waals surface area contributed by atoms with Crippen molar-refractivity contribution in [3.05, 3.63) is 0 Å². The first-order chi connectivity index (χ1) is 7.54. The van der Waals surface area contributed by atoms with Gasteiger partial charge in [-0.15, -0.1) is 0 Å². The average molecular weight is 226 g/mol. The molecule has 3 heteroatoms. The van der Waals surface area contributed by atoms with Crippen molar-refractivity contribution in [3.8, 4) is 0 Å². The van der Waals surface area contributed by atoms with Gasteiger partial charge in [-0.25, -0.2) is 0 Å². The second-order valence-corrected chi connectivity index (χ2v) is 5.51. The number of amides is 1. The van der Waals surface area contributed by atoms with Crippen molar-refractivity contribution in [2.24, 2.45) is 23.0 Å². The maximum absolute atomic E-state index is 11.7. The Bertz CT molecular complexity index is 230. The van der Waals surface area contributed by atoms with Crippen LogP contribution >= 0.6 is 0 Å². The molecule has 1 unspecified atom stereocenters. The third-order valence-corrected chi connectivity index (χ3v) is 4.14. The van der Waals surface area contributed by atoms with E-state index in [0.717, 1.165) is 13.0 Å². The molecule has 3 nitrogen and oxygen atoms in total. The fraction of sp³-hybridized carbons (Fsp3) is 0.923. The van der Waals surface area contributed by atoms with E-state index in [1.807, 2.05) is 0 Å². The van der Waals surface area contributed by atoms with Gasteiger partial charge in [-0.3, -0.25) is 4.79 Å². The number of nitrogens with two attached hydrogens (primary N) is 1. The largest absolute Gasteiger partial charge is 0.356 e. The molecule has 1 atom stereocenters. The van der Waals surface area contributed by atoms with E-state index < -0.39 is 0 Å². The van der Waals surface area contributed by atoms with Crippen LogP contribution in [0, 0.1) is 17.3 Å². The third-order valence-electron chi connectivity index (χ3n) is 4.14. The van der Waals surface area contributed by atoms with Crippen LogP contribution in [0.3, 0.4) is 0 Å². The average Bonchev–Trinajstić information content (AvgIpc) is 3.04. The fourth-order valence-corrected chi connectivity index (χ4v) is 2.12. The first-order valence-corrected chi connectivity index (χ1v) is 6.51. The summed E-state index contributed by atoms with van der Waals surface area (Å²) >= 11 is 0. The first kappa shape index (κ1) is 13.5. The molecular weight excluding hydrogens is 200 g/mol. The summed E-state index contributed by atoms with van der Waals surface area (Å²) in [5.74, 6) is 1.18. The molecule has 0 aromatic rings. The van der Waals surface area contributed by atoms with Gasteiger partial charge in [0.25, 0.3) is 0 Å². The van der Waals surface area contributed by atoms with Gasteiger partial charge >= 0.3 is 0 Å². The van der Waals surface area contributed by atoms with Gasteiger partial charge in [0.05, 0.1) is 0 Å². The zero-order chi connectivity index (χ0) is 12.2. The minimum absolute atomic E-state index is 0.171. The smallest absolute Gasteiger partial charge is 0.220 e. The van der Waals surface area contributed by atoms with Gasteiger partial charge in [-0.05, 0) is 36.6 Å². The maximum atomic E-state index is 11.7. The molecule has 0 spiro atoms. The Hall–Kier alpha value is -0.570. The zero-order valence-corrected chi connectivity index (χ0v) is 10.9. The molecule has 1 fully saturated rings. The van der Waals surface area contributed by atoms with Gasteiger partial charge in [-0.1, -0.05) is 27.2 Å². The molecule has 0 bridgehead atoms. The summed E-state index contributed by atoms with van der Waals surface area (Å²) in [5, 5.41) is 3.07. The van der Waals surface area contributed by atoms with E-state index in [2.05, 4.69) is 26.1 Å². The third kappa shape index (κ3) is 3.48. The Kier molecular flexibility index (Phi) is 4.78. The van der Waals surface area contributed by atoms with E-state index in [4.69, 9.17) is 5.73 Å². The summed E-state index contributed by atoms with van der Waals surface area (Å²) in [4.78, 5) is 11.7. The van der Waals surface area contributed by atoms with Gasteiger partial charge in [0, 0.05) is 13.0 Å². The molecule has 0 aromatic carbocycles. The van der Waals surface area contributed by atoms with Gasteiger partial charge in [0.15, 0.2) is 0 Å². The summed E-state index contributed by atoms with van der Waals surface area (Å²) < 4.78 is 0. The lowest BCUT2D eigenvalue weighted by Gasteiger charge is -2.20. The molecule has 1 amide bonds. The summed E-state index contributed by atoms with van der Waals surface area (Å²) in [6.07, 6.45) is 4.10. The monoisotopic (exact) mass is 226 g/mol. The molecule has 94 valence electrons. The lowest BCUT2D eigenvalue weighted by Crippen LogP contribution is -2.34. The van der Waals surface area contributed by atoms with Crippen molar-refractivity contribution >= 4 is 5.91 Å². The standard InChI is InChI=1S/C13H26N2O/c1-4-11(8-14)7-12(16)15-9-13(5-6-13)10(2)3/h10-11H,4-9,14H2,1-3H3,(H,15,16). The lowest BCUT2D eigenvalue weighted by atomic mass is 9.92. The number of rotatable bonds is 7. The van der Waals surface area contributed by atoms with Crippen molar-refractivity contribution in [3.63, 3.8) is 0 Å². The first-order valence-electron chi connectivity index (χ1n) is 6.51. The second-order valence-electron chi connectivity index (χ2n) is 5.51. The molecule has 1 saturated carbocycles. The Morgan fingerprint density at radius 2 is 2.06 bits per heavy atom. The van der Waals surface area contributed by atoms with Crippen LogP contribution in [0.5, 0.6) is 0 Å². The molecule has 16 heavy (non-hydrogen) atoms. The van der Waals surface area contributed by atoms with Gasteiger partial charge in [-0.2, -0.15) is 0 Å². The highest BCUT2D eigenvalue weighted by atomic mass is 16.1. The van der Waals surface area contributed by atoms with E-state index in [9.17, 15) is 4.79 Å². The van der Waals surface area contributed by atoms with E-state index in [1.165, 1.54) is 12.8 Å². The van der Waals surface area contributed by atoms with Crippen LogP contribution in [0.25, 0.3) is 0 Å². The molecule has 0 aliphatic heterocycles. The van der Waals surface area contributed by atoms with Crippen LogP contribution in [0.2, 0.25) is 0 Å². The van der Waals surface area contributed by atoms with Crippen molar-refractivity contribution < 1.29 is 4.79 Å². The molecular formula is C13H26N2O. The van der Waals surface area contributed by atoms with Gasteiger partial charge in [0.1, 0.15) is 0 Å². The van der Waals surface area contributed by atoms with Crippen LogP contribution in [0.15, 0.2) is 0 Å². The highest BCUT2D eigenvalue weighted by Crippen LogP contribution is 2.51. The topological polar surface area (TPSA) is 55.1 Å². The summed E-state index contributed by atoms with van der Waals surface area (Å²) in [7, 11) is 0. The minimum atomic E-state index is 0.171. The van der Waals surface area contributed by atoms with E-state index in [0.29, 0.717) is 30.2 Å². The van der Waals surface area contributed by atoms with Crippen molar-refractivity contribution in [2.45, 2.75) is 46.5 Å². The fourth-order valence-electron chi connectivity index (χ4n) is 2.12. The summed E-state index contributed by atoms with van der Waals surface area (Å²) in [6, 6.07) is 0. The van der Waals surface area contributed by atoms with Crippen molar-refractivity contribution in [2.75, 3.05) is 13.1 Å². The lowest BCUT2D eigenvalue weighted by molar-refractivity contribution is -0.122. The van der Waals surface area contributed by atoms with Gasteiger partial charge < -0.3 is 11.1 Å². The summed E-state index contributed by atoms with van der Waals surface area (Å²) in [6.45, 7) is 8.03. The number of carbonyl (C=O) groups is 1. The maximum Gasteiger partial charge on any atom is 0.220 e. The van der Waals surface area contributed by atoms with E-state index >= 15 is 0 Å². The predicted molar refractivity (Wildman–Crippen MR) is 67.0 cm³/mol. The highest BCUT2D eigenvalue weighted by molar-refractivity contribution is 5.76. The quantitative estimate of drug-likeness (QED) is 0.697. The Labute approximate surface area is 99.2 Å². The number of hydrogen-bond acceptors (Lipinski definition) is 2.